The molecule has 2 aliphatic rings. The van der Waals surface area contributed by atoms with E-state index < -0.39 is 0 Å². The smallest absolute Gasteiger partial charge is 0.154 e. The summed E-state index contributed by atoms with van der Waals surface area (Å²) >= 11 is 1.67. The molecule has 1 saturated heterocycles. The van der Waals surface area contributed by atoms with Crippen LogP contribution in [0.5, 0.6) is 0 Å². The van der Waals surface area contributed by atoms with Gasteiger partial charge in [0.15, 0.2) is 5.17 Å². The van der Waals surface area contributed by atoms with Crippen LogP contribution in [0.25, 0.3) is 0 Å². The lowest BCUT2D eigenvalue weighted by Gasteiger charge is -2.45. The number of amidine groups is 1. The number of hydrogen-bond donors (Lipinski definition) is 1. The molecule has 3 nitrogen and oxygen atoms in total. The fourth-order valence-corrected chi connectivity index (χ4v) is 3.92. The van der Waals surface area contributed by atoms with Crippen molar-refractivity contribution >= 4 is 16.9 Å². The maximum absolute atomic E-state index is 5.96. The highest BCUT2D eigenvalue weighted by atomic mass is 32.2. The zero-order chi connectivity index (χ0) is 12.6. The van der Waals surface area contributed by atoms with Gasteiger partial charge >= 0.3 is 0 Å². The maximum Gasteiger partial charge on any atom is 0.154 e. The largest absolute Gasteiger partial charge is 0.379 e. The molecule has 0 unspecified atom stereocenters. The number of benzene rings is 1. The number of hydrogen-bond acceptors (Lipinski definition) is 4. The zero-order valence-corrected chi connectivity index (χ0v) is 11.3. The minimum atomic E-state index is -0.261. The zero-order valence-electron chi connectivity index (χ0n) is 10.5. The predicted molar refractivity (Wildman–Crippen MR) is 75.7 cm³/mol. The number of fused-ring (bicyclic) bond motifs is 1. The second kappa shape index (κ2) is 4.59. The third-order valence-corrected chi connectivity index (χ3v) is 4.85. The van der Waals surface area contributed by atoms with Gasteiger partial charge in [-0.1, -0.05) is 42.1 Å². The topological polar surface area (TPSA) is 47.6 Å². The molecule has 3 atom stereocenters. The molecule has 0 spiro atoms. The molecule has 2 heterocycles. The van der Waals surface area contributed by atoms with Crippen molar-refractivity contribution < 1.29 is 4.74 Å². The summed E-state index contributed by atoms with van der Waals surface area (Å²) in [6.45, 7) is 2.78. The average Bonchev–Trinajstić information content (AvgIpc) is 2.40. The highest BCUT2D eigenvalue weighted by Crippen LogP contribution is 2.45. The summed E-state index contributed by atoms with van der Waals surface area (Å²) in [6, 6.07) is 10.4. The molecule has 96 valence electrons. The Balaban J connectivity index is 2.06. The first-order valence-electron chi connectivity index (χ1n) is 6.36. The molecule has 18 heavy (non-hydrogen) atoms. The highest BCUT2D eigenvalue weighted by molar-refractivity contribution is 8.13. The second-order valence-corrected chi connectivity index (χ2v) is 6.15. The lowest BCUT2D eigenvalue weighted by atomic mass is 9.75. The van der Waals surface area contributed by atoms with Gasteiger partial charge in [-0.25, -0.2) is 4.99 Å². The maximum atomic E-state index is 5.96. The summed E-state index contributed by atoms with van der Waals surface area (Å²) < 4.78 is 5.88. The first-order valence-corrected chi connectivity index (χ1v) is 7.34. The molecule has 0 saturated carbocycles. The Labute approximate surface area is 112 Å². The SMILES string of the molecule is C[C@H]1C[C@H]2CSC(N)=N[C@@]2(c2ccccc2)CO1. The van der Waals surface area contributed by atoms with E-state index in [-0.39, 0.29) is 5.54 Å². The van der Waals surface area contributed by atoms with Crippen LogP contribution in [-0.2, 0) is 10.3 Å². The summed E-state index contributed by atoms with van der Waals surface area (Å²) in [5.74, 6) is 1.55. The van der Waals surface area contributed by atoms with Crippen LogP contribution in [0.4, 0.5) is 0 Å². The summed E-state index contributed by atoms with van der Waals surface area (Å²) in [6.07, 6.45) is 1.38. The van der Waals surface area contributed by atoms with Crippen LogP contribution >= 0.6 is 11.8 Å². The second-order valence-electron chi connectivity index (χ2n) is 5.11. The summed E-state index contributed by atoms with van der Waals surface area (Å²) in [4.78, 5) is 4.77. The van der Waals surface area contributed by atoms with Crippen molar-refractivity contribution in [3.63, 3.8) is 0 Å². The average molecular weight is 262 g/mol. The van der Waals surface area contributed by atoms with Gasteiger partial charge in [0.05, 0.1) is 12.7 Å². The van der Waals surface area contributed by atoms with Crippen LogP contribution in [0.1, 0.15) is 18.9 Å². The Bertz CT molecular complexity index is 462. The number of ether oxygens (including phenoxy) is 1. The molecular weight excluding hydrogens is 244 g/mol. The van der Waals surface area contributed by atoms with Gasteiger partial charge in [0, 0.05) is 11.7 Å². The van der Waals surface area contributed by atoms with Crippen molar-refractivity contribution in [2.45, 2.75) is 25.0 Å². The van der Waals surface area contributed by atoms with Gasteiger partial charge in [0.2, 0.25) is 0 Å². The van der Waals surface area contributed by atoms with Crippen molar-refractivity contribution in [2.24, 2.45) is 16.6 Å². The standard InChI is InChI=1S/C14H18N2OS/c1-10-7-12-8-18-13(15)16-14(12,9-17-10)11-5-3-2-4-6-11/h2-6,10,12H,7-9H2,1H3,(H2,15,16)/t10-,12-,14+/m0/s1. The summed E-state index contributed by atoms with van der Waals surface area (Å²) in [5, 5.41) is 0.688. The van der Waals surface area contributed by atoms with E-state index in [2.05, 4.69) is 31.2 Å². The molecule has 0 bridgehead atoms. The van der Waals surface area contributed by atoms with Gasteiger partial charge in [-0.2, -0.15) is 0 Å². The predicted octanol–water partition coefficient (Wildman–Crippen LogP) is 2.37. The molecule has 0 aliphatic carbocycles. The molecule has 1 aromatic rings. The van der Waals surface area contributed by atoms with Crippen molar-refractivity contribution in [3.05, 3.63) is 35.9 Å². The minimum Gasteiger partial charge on any atom is -0.379 e. The molecule has 0 radical (unpaired) electrons. The normalized spacial score (nSPS) is 35.7. The number of aliphatic imine (C=N–C) groups is 1. The molecule has 1 aromatic carbocycles. The van der Waals surface area contributed by atoms with Gasteiger partial charge in [0.25, 0.3) is 0 Å². The number of thioether (sulfide) groups is 1. The van der Waals surface area contributed by atoms with Crippen LogP contribution in [-0.4, -0.2) is 23.6 Å². The van der Waals surface area contributed by atoms with E-state index in [4.69, 9.17) is 15.5 Å². The molecule has 4 heteroatoms. The van der Waals surface area contributed by atoms with E-state index in [1.165, 1.54) is 5.56 Å². The van der Waals surface area contributed by atoms with Gasteiger partial charge in [-0.3, -0.25) is 0 Å². The van der Waals surface area contributed by atoms with Gasteiger partial charge < -0.3 is 10.5 Å². The van der Waals surface area contributed by atoms with Gasteiger partial charge in [0.1, 0.15) is 5.54 Å². The molecule has 2 aliphatic heterocycles. The lowest BCUT2D eigenvalue weighted by Crippen LogP contribution is -2.49. The number of nitrogens with two attached hydrogens (primary N) is 1. The van der Waals surface area contributed by atoms with Crippen molar-refractivity contribution in [2.75, 3.05) is 12.4 Å². The van der Waals surface area contributed by atoms with Gasteiger partial charge in [-0.15, -0.1) is 0 Å². The van der Waals surface area contributed by atoms with Crippen LogP contribution in [0.2, 0.25) is 0 Å². The van der Waals surface area contributed by atoms with E-state index in [9.17, 15) is 0 Å². The van der Waals surface area contributed by atoms with Crippen molar-refractivity contribution in [3.8, 4) is 0 Å². The van der Waals surface area contributed by atoms with Crippen LogP contribution in [0.3, 0.4) is 0 Å². The number of nitrogens with zero attached hydrogens (tertiary/aromatic N) is 1. The first-order chi connectivity index (χ1) is 8.71. The van der Waals surface area contributed by atoms with E-state index in [0.29, 0.717) is 23.8 Å². The Morgan fingerprint density at radius 2 is 2.17 bits per heavy atom. The summed E-state index contributed by atoms with van der Waals surface area (Å²) in [5.41, 5.74) is 6.92. The van der Waals surface area contributed by atoms with Gasteiger partial charge in [-0.05, 0) is 18.9 Å². The monoisotopic (exact) mass is 262 g/mol. The van der Waals surface area contributed by atoms with Crippen LogP contribution in [0.15, 0.2) is 35.3 Å². The van der Waals surface area contributed by atoms with E-state index in [1.54, 1.807) is 11.8 Å². The summed E-state index contributed by atoms with van der Waals surface area (Å²) in [7, 11) is 0. The van der Waals surface area contributed by atoms with E-state index in [0.717, 1.165) is 12.2 Å². The van der Waals surface area contributed by atoms with Crippen LogP contribution in [0, 0.1) is 5.92 Å². The Hall–Kier alpha value is -1.00. The fraction of sp³-hybridized carbons (Fsp3) is 0.500. The molecule has 0 aromatic heterocycles. The number of rotatable bonds is 1. The first kappa shape index (κ1) is 12.1. The Kier molecular flexibility index (Phi) is 3.08. The Morgan fingerprint density at radius 3 is 2.94 bits per heavy atom. The molecule has 3 rings (SSSR count). The third-order valence-electron chi connectivity index (χ3n) is 3.90. The third kappa shape index (κ3) is 1.93. The van der Waals surface area contributed by atoms with Crippen molar-refractivity contribution in [1.29, 1.82) is 0 Å². The molecule has 1 fully saturated rings. The van der Waals surface area contributed by atoms with Crippen LogP contribution < -0.4 is 5.73 Å². The molecule has 2 N–H and O–H groups in total. The lowest BCUT2D eigenvalue weighted by molar-refractivity contribution is -0.0466. The molecule has 0 amide bonds. The highest BCUT2D eigenvalue weighted by Gasteiger charge is 2.47. The van der Waals surface area contributed by atoms with E-state index in [1.807, 2.05) is 6.07 Å². The Morgan fingerprint density at radius 1 is 1.39 bits per heavy atom. The molecular formula is C14H18N2OS. The quantitative estimate of drug-likeness (QED) is 0.845. The van der Waals surface area contributed by atoms with Crippen molar-refractivity contribution in [1.82, 2.24) is 0 Å². The van der Waals surface area contributed by atoms with E-state index >= 15 is 0 Å². The fourth-order valence-electron chi connectivity index (χ4n) is 2.91. The minimum absolute atomic E-state index is 0.261.